The molecule has 1 heterocycles. The zero-order valence-electron chi connectivity index (χ0n) is 22.8. The van der Waals surface area contributed by atoms with Crippen molar-refractivity contribution < 1.29 is 23.9 Å². The summed E-state index contributed by atoms with van der Waals surface area (Å²) in [4.78, 5) is 40.6. The molecule has 4 rings (SSSR count). The average Bonchev–Trinajstić information content (AvgIpc) is 3.24. The Morgan fingerprint density at radius 1 is 0.950 bits per heavy atom. The van der Waals surface area contributed by atoms with Crippen LogP contribution in [0.5, 0.6) is 0 Å². The number of aliphatic carboxylic acids is 1. The van der Waals surface area contributed by atoms with E-state index in [0.29, 0.717) is 45.8 Å². The van der Waals surface area contributed by atoms with Crippen molar-refractivity contribution in [3.05, 3.63) is 89.2 Å². The summed E-state index contributed by atoms with van der Waals surface area (Å²) in [5.74, 6) is -1.74. The van der Waals surface area contributed by atoms with Crippen molar-refractivity contribution in [3.8, 4) is 0 Å². The molecule has 8 nitrogen and oxygen atoms in total. The molecule has 3 aromatic rings. The van der Waals surface area contributed by atoms with Gasteiger partial charge in [0.25, 0.3) is 5.91 Å². The summed E-state index contributed by atoms with van der Waals surface area (Å²) in [6, 6.07) is 18.3. The third kappa shape index (κ3) is 6.92. The Kier molecular flexibility index (Phi) is 8.96. The lowest BCUT2D eigenvalue weighted by molar-refractivity contribution is -0.136. The van der Waals surface area contributed by atoms with E-state index in [1.807, 2.05) is 38.4 Å². The number of nitrogens with one attached hydrogen (secondary N) is 2. The minimum absolute atomic E-state index is 0.0372. The molecule has 40 heavy (non-hydrogen) atoms. The Labute approximate surface area is 233 Å². The molecular formula is C31H33FN4O4. The number of rotatable bonds is 11. The van der Waals surface area contributed by atoms with Crippen LogP contribution < -0.4 is 15.5 Å². The molecule has 3 N–H and O–H groups in total. The summed E-state index contributed by atoms with van der Waals surface area (Å²) in [5.41, 5.74) is 4.47. The van der Waals surface area contributed by atoms with Crippen LogP contribution in [0.3, 0.4) is 0 Å². The van der Waals surface area contributed by atoms with E-state index in [2.05, 4.69) is 15.5 Å². The van der Waals surface area contributed by atoms with Gasteiger partial charge in [-0.05, 0) is 87.1 Å². The van der Waals surface area contributed by atoms with Crippen LogP contribution in [0.25, 0.3) is 11.3 Å². The Balaban J connectivity index is 1.61. The lowest BCUT2D eigenvalue weighted by Crippen LogP contribution is -2.26. The number of carbonyl (C=O) groups is 3. The SMILES string of the molecule is CN(C)CCCCC(=O)N(C)c1ccc(NC(=C2C(=O)Nc3cc(F)ccc32)c2ccc(CC(=O)O)cc2)cc1. The lowest BCUT2D eigenvalue weighted by Gasteiger charge is -2.19. The van der Waals surface area contributed by atoms with Crippen molar-refractivity contribution in [2.24, 2.45) is 0 Å². The molecule has 2 amide bonds. The summed E-state index contributed by atoms with van der Waals surface area (Å²) < 4.78 is 13.9. The van der Waals surface area contributed by atoms with E-state index in [9.17, 15) is 18.8 Å². The van der Waals surface area contributed by atoms with Crippen molar-refractivity contribution in [2.45, 2.75) is 25.7 Å². The molecule has 0 saturated carbocycles. The van der Waals surface area contributed by atoms with Gasteiger partial charge in [0, 0.05) is 30.4 Å². The molecule has 0 spiro atoms. The van der Waals surface area contributed by atoms with Gasteiger partial charge < -0.3 is 25.5 Å². The predicted octanol–water partition coefficient (Wildman–Crippen LogP) is 5.08. The molecule has 0 bridgehead atoms. The maximum atomic E-state index is 13.9. The fraction of sp³-hybridized carbons (Fsp3) is 0.258. The molecule has 0 aliphatic carbocycles. The number of anilines is 3. The van der Waals surface area contributed by atoms with Gasteiger partial charge in [-0.2, -0.15) is 0 Å². The van der Waals surface area contributed by atoms with Crippen molar-refractivity contribution in [1.29, 1.82) is 0 Å². The average molecular weight is 545 g/mol. The van der Waals surface area contributed by atoms with Crippen LogP contribution in [0.15, 0.2) is 66.7 Å². The molecule has 0 aromatic heterocycles. The quantitative estimate of drug-likeness (QED) is 0.230. The monoisotopic (exact) mass is 544 g/mol. The Hall–Kier alpha value is -4.50. The molecule has 208 valence electrons. The van der Waals surface area contributed by atoms with Crippen LogP contribution in [0, 0.1) is 5.82 Å². The van der Waals surface area contributed by atoms with Crippen molar-refractivity contribution in [1.82, 2.24) is 4.90 Å². The van der Waals surface area contributed by atoms with E-state index < -0.39 is 11.8 Å². The molecule has 0 radical (unpaired) electrons. The Morgan fingerprint density at radius 2 is 1.65 bits per heavy atom. The van der Waals surface area contributed by atoms with Gasteiger partial charge in [0.15, 0.2) is 0 Å². The normalized spacial score (nSPS) is 13.6. The van der Waals surface area contributed by atoms with Crippen LogP contribution in [-0.2, 0) is 20.8 Å². The van der Waals surface area contributed by atoms with E-state index in [1.54, 1.807) is 42.3 Å². The minimum Gasteiger partial charge on any atom is -0.481 e. The standard InChI is InChI=1S/C31H33FN4O4/c1-35(2)17-5-4-6-27(37)36(3)24-14-12-23(13-15-24)33-30(21-9-7-20(8-10-21)18-28(38)39)29-25-16-11-22(32)19-26(25)34-31(29)40/h7-16,19,33H,4-6,17-18H2,1-3H3,(H,34,40)(H,38,39). The van der Waals surface area contributed by atoms with Gasteiger partial charge in [-0.1, -0.05) is 24.3 Å². The third-order valence-corrected chi connectivity index (χ3v) is 6.72. The summed E-state index contributed by atoms with van der Waals surface area (Å²) in [5, 5.41) is 15.2. The van der Waals surface area contributed by atoms with E-state index in [0.717, 1.165) is 25.1 Å². The van der Waals surface area contributed by atoms with Gasteiger partial charge in [0.05, 0.1) is 23.4 Å². The first kappa shape index (κ1) is 28.5. The summed E-state index contributed by atoms with van der Waals surface area (Å²) in [6.07, 6.45) is 2.11. The van der Waals surface area contributed by atoms with Crippen molar-refractivity contribution in [2.75, 3.05) is 43.2 Å². The first-order valence-electron chi connectivity index (χ1n) is 13.1. The van der Waals surface area contributed by atoms with E-state index in [1.165, 1.54) is 12.1 Å². The van der Waals surface area contributed by atoms with Crippen LogP contribution in [-0.4, -0.2) is 55.5 Å². The van der Waals surface area contributed by atoms with E-state index >= 15 is 0 Å². The lowest BCUT2D eigenvalue weighted by atomic mass is 9.98. The van der Waals surface area contributed by atoms with Crippen LogP contribution in [0.1, 0.15) is 36.0 Å². The number of hydrogen-bond acceptors (Lipinski definition) is 5. The fourth-order valence-corrected chi connectivity index (χ4v) is 4.56. The smallest absolute Gasteiger partial charge is 0.307 e. The van der Waals surface area contributed by atoms with Crippen molar-refractivity contribution in [3.63, 3.8) is 0 Å². The number of halogens is 1. The number of carbonyl (C=O) groups excluding carboxylic acids is 2. The number of hydrogen-bond donors (Lipinski definition) is 3. The number of benzene rings is 3. The van der Waals surface area contributed by atoms with E-state index in [4.69, 9.17) is 5.11 Å². The van der Waals surface area contributed by atoms with Gasteiger partial charge in [-0.3, -0.25) is 14.4 Å². The zero-order chi connectivity index (χ0) is 28.8. The number of amides is 2. The largest absolute Gasteiger partial charge is 0.481 e. The number of unbranched alkanes of at least 4 members (excludes halogenated alkanes) is 1. The highest BCUT2D eigenvalue weighted by atomic mass is 19.1. The van der Waals surface area contributed by atoms with Gasteiger partial charge >= 0.3 is 5.97 Å². The van der Waals surface area contributed by atoms with Gasteiger partial charge in [-0.15, -0.1) is 0 Å². The van der Waals surface area contributed by atoms with Gasteiger partial charge in [0.2, 0.25) is 5.91 Å². The molecule has 9 heteroatoms. The molecule has 3 aromatic carbocycles. The molecule has 0 saturated heterocycles. The van der Waals surface area contributed by atoms with Crippen molar-refractivity contribution >= 4 is 46.1 Å². The molecule has 1 aliphatic heterocycles. The van der Waals surface area contributed by atoms with Gasteiger partial charge in [0.1, 0.15) is 5.82 Å². The first-order valence-corrected chi connectivity index (χ1v) is 13.1. The fourth-order valence-electron chi connectivity index (χ4n) is 4.56. The Bertz CT molecular complexity index is 1430. The Morgan fingerprint density at radius 3 is 2.30 bits per heavy atom. The van der Waals surface area contributed by atoms with Crippen LogP contribution in [0.2, 0.25) is 0 Å². The maximum absolute atomic E-state index is 13.9. The maximum Gasteiger partial charge on any atom is 0.307 e. The zero-order valence-corrected chi connectivity index (χ0v) is 22.8. The summed E-state index contributed by atoms with van der Waals surface area (Å²) >= 11 is 0. The highest BCUT2D eigenvalue weighted by Gasteiger charge is 2.29. The van der Waals surface area contributed by atoms with Gasteiger partial charge in [-0.25, -0.2) is 4.39 Å². The number of carboxylic acids is 1. The number of nitrogens with zero attached hydrogens (tertiary/aromatic N) is 2. The molecule has 1 aliphatic rings. The summed E-state index contributed by atoms with van der Waals surface area (Å²) in [7, 11) is 5.77. The predicted molar refractivity (Wildman–Crippen MR) is 156 cm³/mol. The molecule has 0 fully saturated rings. The minimum atomic E-state index is -0.937. The summed E-state index contributed by atoms with van der Waals surface area (Å²) in [6.45, 7) is 0.939. The van der Waals surface area contributed by atoms with Crippen LogP contribution in [0.4, 0.5) is 21.5 Å². The first-order chi connectivity index (χ1) is 19.1. The topological polar surface area (TPSA) is 102 Å². The molecule has 0 atom stereocenters. The second kappa shape index (κ2) is 12.6. The second-order valence-electron chi connectivity index (χ2n) is 10.0. The number of carboxylic acid groups (broad SMARTS) is 1. The van der Waals surface area contributed by atoms with E-state index in [-0.39, 0.29) is 18.2 Å². The third-order valence-electron chi connectivity index (χ3n) is 6.72. The molecular weight excluding hydrogens is 511 g/mol. The van der Waals surface area contributed by atoms with Crippen LogP contribution >= 0.6 is 0 Å². The highest BCUT2D eigenvalue weighted by Crippen LogP contribution is 2.38. The molecule has 0 unspecified atom stereocenters. The second-order valence-corrected chi connectivity index (χ2v) is 10.0. The highest BCUT2D eigenvalue weighted by molar-refractivity contribution is 6.37. The number of fused-ring (bicyclic) bond motifs is 1.